The van der Waals surface area contributed by atoms with Crippen molar-refractivity contribution in [1.82, 2.24) is 4.90 Å². The van der Waals surface area contributed by atoms with Gasteiger partial charge in [-0.05, 0) is 37.1 Å². The van der Waals surface area contributed by atoms with Gasteiger partial charge in [0.15, 0.2) is 0 Å². The van der Waals surface area contributed by atoms with Crippen LogP contribution in [0.4, 0.5) is 0 Å². The Morgan fingerprint density at radius 3 is 3.06 bits per heavy atom. The number of halogens is 1. The van der Waals surface area contributed by atoms with Crippen LogP contribution in [-0.2, 0) is 11.3 Å². The Morgan fingerprint density at radius 1 is 1.53 bits per heavy atom. The van der Waals surface area contributed by atoms with Gasteiger partial charge in [0.05, 0.1) is 5.92 Å². The van der Waals surface area contributed by atoms with E-state index in [1.807, 2.05) is 12.1 Å². The quantitative estimate of drug-likeness (QED) is 0.929. The molecule has 1 unspecified atom stereocenters. The van der Waals surface area contributed by atoms with E-state index in [2.05, 4.69) is 33.0 Å². The molecule has 0 aromatic heterocycles. The zero-order valence-corrected chi connectivity index (χ0v) is 11.3. The Hall–Kier alpha value is -0.870. The minimum Gasteiger partial charge on any atom is -0.369 e. The van der Waals surface area contributed by atoms with Crippen LogP contribution in [0.25, 0.3) is 0 Å². The Morgan fingerprint density at radius 2 is 2.35 bits per heavy atom. The molecule has 1 aromatic carbocycles. The topological polar surface area (TPSA) is 46.3 Å². The number of carbonyl (C=O) groups is 1. The highest BCUT2D eigenvalue weighted by Gasteiger charge is 2.23. The minimum absolute atomic E-state index is 0.0240. The molecule has 0 aliphatic carbocycles. The summed E-state index contributed by atoms with van der Waals surface area (Å²) in [4.78, 5) is 13.5. The third kappa shape index (κ3) is 3.54. The number of likely N-dealkylation sites (tertiary alicyclic amines) is 1. The van der Waals surface area contributed by atoms with Gasteiger partial charge in [-0.2, -0.15) is 0 Å². The number of benzene rings is 1. The van der Waals surface area contributed by atoms with Crippen molar-refractivity contribution in [2.24, 2.45) is 11.7 Å². The first-order valence-electron chi connectivity index (χ1n) is 5.91. The second-order valence-corrected chi connectivity index (χ2v) is 5.52. The van der Waals surface area contributed by atoms with E-state index in [1.165, 1.54) is 5.56 Å². The Bertz CT molecular complexity index is 408. The number of amides is 1. The van der Waals surface area contributed by atoms with Gasteiger partial charge in [-0.15, -0.1) is 0 Å². The maximum absolute atomic E-state index is 11.2. The van der Waals surface area contributed by atoms with Crippen molar-refractivity contribution in [2.75, 3.05) is 13.1 Å². The highest BCUT2D eigenvalue weighted by Crippen LogP contribution is 2.19. The Kier molecular flexibility index (Phi) is 4.18. The predicted molar refractivity (Wildman–Crippen MR) is 71.3 cm³/mol. The number of piperidine rings is 1. The molecule has 0 spiro atoms. The molecule has 92 valence electrons. The van der Waals surface area contributed by atoms with E-state index in [0.29, 0.717) is 0 Å². The summed E-state index contributed by atoms with van der Waals surface area (Å²) in [5.41, 5.74) is 6.64. The van der Waals surface area contributed by atoms with Gasteiger partial charge in [0.1, 0.15) is 0 Å². The van der Waals surface area contributed by atoms with Gasteiger partial charge in [-0.3, -0.25) is 9.69 Å². The smallest absolute Gasteiger partial charge is 0.221 e. The molecule has 0 radical (unpaired) electrons. The molecule has 2 rings (SSSR count). The van der Waals surface area contributed by atoms with Crippen molar-refractivity contribution in [3.63, 3.8) is 0 Å². The Balaban J connectivity index is 1.97. The van der Waals surface area contributed by atoms with E-state index in [0.717, 1.165) is 36.9 Å². The van der Waals surface area contributed by atoms with E-state index in [1.54, 1.807) is 0 Å². The highest BCUT2D eigenvalue weighted by atomic mass is 79.9. The predicted octanol–water partition coefficient (Wildman–Crippen LogP) is 2.15. The van der Waals surface area contributed by atoms with Crippen molar-refractivity contribution in [1.29, 1.82) is 0 Å². The van der Waals surface area contributed by atoms with E-state index < -0.39 is 0 Å². The van der Waals surface area contributed by atoms with Crippen LogP contribution in [0, 0.1) is 5.92 Å². The average Bonchev–Trinajstić information content (AvgIpc) is 2.29. The lowest BCUT2D eigenvalue weighted by atomic mass is 9.97. The van der Waals surface area contributed by atoms with Gasteiger partial charge in [-0.1, -0.05) is 28.1 Å². The van der Waals surface area contributed by atoms with E-state index >= 15 is 0 Å². The molecule has 3 nitrogen and oxygen atoms in total. The molecule has 1 aliphatic heterocycles. The number of carbonyl (C=O) groups excluding carboxylic acids is 1. The van der Waals surface area contributed by atoms with Crippen LogP contribution in [0.3, 0.4) is 0 Å². The van der Waals surface area contributed by atoms with Crippen molar-refractivity contribution in [3.8, 4) is 0 Å². The Labute approximate surface area is 110 Å². The number of nitrogens with zero attached hydrogens (tertiary/aromatic N) is 1. The second-order valence-electron chi connectivity index (χ2n) is 4.61. The fourth-order valence-corrected chi connectivity index (χ4v) is 2.77. The molecular weight excluding hydrogens is 280 g/mol. The molecule has 1 saturated heterocycles. The maximum atomic E-state index is 11.2. The molecule has 2 N–H and O–H groups in total. The third-order valence-corrected chi connectivity index (χ3v) is 3.70. The van der Waals surface area contributed by atoms with Crippen LogP contribution in [-0.4, -0.2) is 23.9 Å². The summed E-state index contributed by atoms with van der Waals surface area (Å²) in [6.07, 6.45) is 1.99. The van der Waals surface area contributed by atoms with Crippen LogP contribution in [0.5, 0.6) is 0 Å². The van der Waals surface area contributed by atoms with Crippen molar-refractivity contribution in [3.05, 3.63) is 34.3 Å². The summed E-state index contributed by atoms with van der Waals surface area (Å²) in [6.45, 7) is 2.74. The molecular formula is C13H17BrN2O. The van der Waals surface area contributed by atoms with Crippen LogP contribution in [0.1, 0.15) is 18.4 Å². The van der Waals surface area contributed by atoms with Crippen LogP contribution >= 0.6 is 15.9 Å². The van der Waals surface area contributed by atoms with E-state index in [-0.39, 0.29) is 11.8 Å². The molecule has 1 heterocycles. The standard InChI is InChI=1S/C13H17BrN2O/c14-12-5-1-3-10(7-12)8-16-6-2-4-11(9-16)13(15)17/h1,3,5,7,11H,2,4,6,8-9H2,(H2,15,17). The first-order chi connectivity index (χ1) is 8.15. The van der Waals surface area contributed by atoms with Gasteiger partial charge in [0, 0.05) is 17.6 Å². The largest absolute Gasteiger partial charge is 0.369 e. The van der Waals surface area contributed by atoms with Gasteiger partial charge in [-0.25, -0.2) is 0 Å². The molecule has 1 atom stereocenters. The van der Waals surface area contributed by atoms with E-state index in [4.69, 9.17) is 5.73 Å². The first kappa shape index (κ1) is 12.6. The molecule has 1 amide bonds. The van der Waals surface area contributed by atoms with E-state index in [9.17, 15) is 4.79 Å². The number of nitrogens with two attached hydrogens (primary N) is 1. The van der Waals surface area contributed by atoms with Crippen molar-refractivity contribution < 1.29 is 4.79 Å². The molecule has 4 heteroatoms. The van der Waals surface area contributed by atoms with Crippen LogP contribution in [0.2, 0.25) is 0 Å². The second kappa shape index (κ2) is 5.65. The zero-order valence-electron chi connectivity index (χ0n) is 9.73. The number of hydrogen-bond donors (Lipinski definition) is 1. The normalized spacial score (nSPS) is 21.4. The van der Waals surface area contributed by atoms with Crippen LogP contribution < -0.4 is 5.73 Å². The zero-order chi connectivity index (χ0) is 12.3. The SMILES string of the molecule is NC(=O)C1CCCN(Cc2cccc(Br)c2)C1. The third-order valence-electron chi connectivity index (χ3n) is 3.20. The van der Waals surface area contributed by atoms with Gasteiger partial charge < -0.3 is 5.73 Å². The van der Waals surface area contributed by atoms with Gasteiger partial charge in [0.2, 0.25) is 5.91 Å². The molecule has 0 bridgehead atoms. The number of rotatable bonds is 3. The lowest BCUT2D eigenvalue weighted by Crippen LogP contribution is -2.40. The van der Waals surface area contributed by atoms with Crippen molar-refractivity contribution in [2.45, 2.75) is 19.4 Å². The summed E-state index contributed by atoms with van der Waals surface area (Å²) in [5.74, 6) is -0.139. The fourth-order valence-electron chi connectivity index (χ4n) is 2.32. The summed E-state index contributed by atoms with van der Waals surface area (Å²) >= 11 is 3.47. The van der Waals surface area contributed by atoms with Crippen molar-refractivity contribution >= 4 is 21.8 Å². The molecule has 0 saturated carbocycles. The summed E-state index contributed by atoms with van der Waals surface area (Å²) in [5, 5.41) is 0. The maximum Gasteiger partial charge on any atom is 0.221 e. The highest BCUT2D eigenvalue weighted by molar-refractivity contribution is 9.10. The lowest BCUT2D eigenvalue weighted by molar-refractivity contribution is -0.123. The average molecular weight is 297 g/mol. The molecule has 1 fully saturated rings. The van der Waals surface area contributed by atoms with Crippen LogP contribution in [0.15, 0.2) is 28.7 Å². The monoisotopic (exact) mass is 296 g/mol. The lowest BCUT2D eigenvalue weighted by Gasteiger charge is -2.31. The number of hydrogen-bond acceptors (Lipinski definition) is 2. The molecule has 1 aliphatic rings. The molecule has 17 heavy (non-hydrogen) atoms. The van der Waals surface area contributed by atoms with Gasteiger partial charge >= 0.3 is 0 Å². The molecule has 1 aromatic rings. The minimum atomic E-state index is -0.163. The fraction of sp³-hybridized carbons (Fsp3) is 0.462. The van der Waals surface area contributed by atoms with Gasteiger partial charge in [0.25, 0.3) is 0 Å². The summed E-state index contributed by atoms with van der Waals surface area (Å²) in [7, 11) is 0. The first-order valence-corrected chi connectivity index (χ1v) is 6.70. The summed E-state index contributed by atoms with van der Waals surface area (Å²) < 4.78 is 1.10. The summed E-state index contributed by atoms with van der Waals surface area (Å²) in [6, 6.07) is 8.29. The number of primary amides is 1.